The van der Waals surface area contributed by atoms with E-state index >= 15 is 0 Å². The van der Waals surface area contributed by atoms with E-state index < -0.39 is 0 Å². The van der Waals surface area contributed by atoms with E-state index in [0.29, 0.717) is 0 Å². The average Bonchev–Trinajstić information content (AvgIpc) is 3.10. The Hall–Kier alpha value is -0.860. The minimum atomic E-state index is 0.726. The second-order valence-corrected chi connectivity index (χ2v) is 4.52. The van der Waals surface area contributed by atoms with Gasteiger partial charge >= 0.3 is 0 Å². The number of nitrogens with one attached hydrogen (secondary N) is 2. The zero-order valence-electron chi connectivity index (χ0n) is 10.1. The summed E-state index contributed by atoms with van der Waals surface area (Å²) in [6, 6.07) is 11.6. The van der Waals surface area contributed by atoms with Crippen molar-refractivity contribution < 1.29 is 0 Å². The molecule has 2 N–H and O–H groups in total. The van der Waals surface area contributed by atoms with Gasteiger partial charge in [-0.05, 0) is 38.0 Å². The van der Waals surface area contributed by atoms with Gasteiger partial charge in [-0.15, -0.1) is 0 Å². The predicted octanol–water partition coefficient (Wildman–Crippen LogP) is 2.13. The van der Waals surface area contributed by atoms with Crippen LogP contribution in [0.15, 0.2) is 30.3 Å². The molecular formula is C14H22N2. The van der Waals surface area contributed by atoms with Crippen LogP contribution in [0, 0.1) is 0 Å². The maximum atomic E-state index is 3.62. The van der Waals surface area contributed by atoms with Crippen LogP contribution in [-0.4, -0.2) is 25.7 Å². The molecule has 1 fully saturated rings. The van der Waals surface area contributed by atoms with Gasteiger partial charge in [-0.1, -0.05) is 37.3 Å². The Morgan fingerprint density at radius 1 is 1.19 bits per heavy atom. The Morgan fingerprint density at radius 3 is 2.75 bits per heavy atom. The lowest BCUT2D eigenvalue weighted by Crippen LogP contribution is -2.23. The van der Waals surface area contributed by atoms with Crippen LogP contribution >= 0.6 is 0 Å². The van der Waals surface area contributed by atoms with Crippen LogP contribution in [0.2, 0.25) is 0 Å². The largest absolute Gasteiger partial charge is 0.317 e. The van der Waals surface area contributed by atoms with Crippen molar-refractivity contribution in [2.24, 2.45) is 0 Å². The van der Waals surface area contributed by atoms with E-state index in [9.17, 15) is 0 Å². The first-order valence-electron chi connectivity index (χ1n) is 6.41. The lowest BCUT2D eigenvalue weighted by Gasteiger charge is -2.04. The molecule has 88 valence electrons. The zero-order chi connectivity index (χ0) is 11.2. The van der Waals surface area contributed by atoms with Crippen LogP contribution in [0.5, 0.6) is 0 Å². The average molecular weight is 218 g/mol. The Kier molecular flexibility index (Phi) is 4.37. The van der Waals surface area contributed by atoms with Crippen LogP contribution in [0.3, 0.4) is 0 Å². The molecule has 2 heteroatoms. The Labute approximate surface area is 98.4 Å². The van der Waals surface area contributed by atoms with Crippen LogP contribution < -0.4 is 10.6 Å². The second kappa shape index (κ2) is 6.02. The molecule has 0 aromatic heterocycles. The second-order valence-electron chi connectivity index (χ2n) is 4.52. The first-order valence-corrected chi connectivity index (χ1v) is 6.41. The van der Waals surface area contributed by atoms with Gasteiger partial charge in [0.15, 0.2) is 0 Å². The third kappa shape index (κ3) is 3.32. The highest BCUT2D eigenvalue weighted by Gasteiger charge is 2.37. The number of hydrogen-bond acceptors (Lipinski definition) is 2. The summed E-state index contributed by atoms with van der Waals surface area (Å²) in [5.41, 5.74) is 1.49. The van der Waals surface area contributed by atoms with Crippen molar-refractivity contribution in [3.63, 3.8) is 0 Å². The fraction of sp³-hybridized carbons (Fsp3) is 0.571. The van der Waals surface area contributed by atoms with E-state index in [1.165, 1.54) is 18.4 Å². The molecule has 1 aliphatic rings. The van der Waals surface area contributed by atoms with Crippen LogP contribution in [-0.2, 0) is 0 Å². The van der Waals surface area contributed by atoms with E-state index in [4.69, 9.17) is 0 Å². The molecule has 2 atom stereocenters. The maximum absolute atomic E-state index is 3.62. The molecule has 0 spiro atoms. The molecule has 16 heavy (non-hydrogen) atoms. The molecular weight excluding hydrogens is 196 g/mol. The van der Waals surface area contributed by atoms with Gasteiger partial charge < -0.3 is 10.6 Å². The van der Waals surface area contributed by atoms with Gasteiger partial charge in [-0.25, -0.2) is 0 Å². The molecule has 1 aromatic rings. The van der Waals surface area contributed by atoms with Crippen molar-refractivity contribution in [2.75, 3.05) is 19.6 Å². The highest BCUT2D eigenvalue weighted by molar-refractivity contribution is 5.27. The molecule has 1 saturated carbocycles. The van der Waals surface area contributed by atoms with Gasteiger partial charge in [0.1, 0.15) is 0 Å². The van der Waals surface area contributed by atoms with Gasteiger partial charge in [0.25, 0.3) is 0 Å². The van der Waals surface area contributed by atoms with Crippen molar-refractivity contribution in [1.82, 2.24) is 10.6 Å². The molecule has 2 unspecified atom stereocenters. The number of benzene rings is 1. The molecule has 0 saturated heterocycles. The van der Waals surface area contributed by atoms with Crippen molar-refractivity contribution in [3.05, 3.63) is 35.9 Å². The minimum Gasteiger partial charge on any atom is -0.317 e. The summed E-state index contributed by atoms with van der Waals surface area (Å²) in [4.78, 5) is 0. The Bertz CT molecular complexity index is 297. The van der Waals surface area contributed by atoms with Crippen molar-refractivity contribution in [1.29, 1.82) is 0 Å². The fourth-order valence-electron chi connectivity index (χ4n) is 2.17. The summed E-state index contributed by atoms with van der Waals surface area (Å²) in [6.07, 6.45) is 2.54. The highest BCUT2D eigenvalue weighted by atomic mass is 15.0. The van der Waals surface area contributed by atoms with Crippen molar-refractivity contribution >= 4 is 0 Å². The summed E-state index contributed by atoms with van der Waals surface area (Å²) in [7, 11) is 0. The van der Waals surface area contributed by atoms with Gasteiger partial charge in [-0.3, -0.25) is 0 Å². The van der Waals surface area contributed by atoms with Gasteiger partial charge in [0, 0.05) is 12.0 Å². The maximum Gasteiger partial charge on any atom is 0.0143 e. The molecule has 0 aliphatic heterocycles. The van der Waals surface area contributed by atoms with Gasteiger partial charge in [-0.2, -0.15) is 0 Å². The standard InChI is InChI=1S/C14H22N2/c1-2-15-9-6-10-16-14-11-13(14)12-7-4-3-5-8-12/h3-5,7-8,13-16H,2,6,9-11H2,1H3. The third-order valence-corrected chi connectivity index (χ3v) is 3.21. The Morgan fingerprint density at radius 2 is 2.00 bits per heavy atom. The number of hydrogen-bond donors (Lipinski definition) is 2. The van der Waals surface area contributed by atoms with Crippen LogP contribution in [0.1, 0.15) is 31.2 Å². The topological polar surface area (TPSA) is 24.1 Å². The summed E-state index contributed by atoms with van der Waals surface area (Å²) in [6.45, 7) is 5.50. The fourth-order valence-corrected chi connectivity index (χ4v) is 2.17. The number of rotatable bonds is 7. The van der Waals surface area contributed by atoms with Crippen LogP contribution in [0.25, 0.3) is 0 Å². The lowest BCUT2D eigenvalue weighted by molar-refractivity contribution is 0.598. The molecule has 0 heterocycles. The summed E-state index contributed by atoms with van der Waals surface area (Å²) in [5, 5.41) is 6.97. The summed E-state index contributed by atoms with van der Waals surface area (Å²) >= 11 is 0. The first kappa shape index (κ1) is 11.6. The van der Waals surface area contributed by atoms with E-state index in [1.54, 1.807) is 0 Å². The van der Waals surface area contributed by atoms with Crippen LogP contribution in [0.4, 0.5) is 0 Å². The highest BCUT2D eigenvalue weighted by Crippen LogP contribution is 2.40. The Balaban J connectivity index is 1.61. The molecule has 2 rings (SSSR count). The molecule has 2 nitrogen and oxygen atoms in total. The molecule has 0 radical (unpaired) electrons. The van der Waals surface area contributed by atoms with E-state index in [1.807, 2.05) is 0 Å². The van der Waals surface area contributed by atoms with Crippen molar-refractivity contribution in [2.45, 2.75) is 31.7 Å². The predicted molar refractivity (Wildman–Crippen MR) is 68.8 cm³/mol. The molecule has 0 amide bonds. The molecule has 1 aliphatic carbocycles. The van der Waals surface area contributed by atoms with E-state index in [0.717, 1.165) is 31.6 Å². The minimum absolute atomic E-state index is 0.726. The lowest BCUT2D eigenvalue weighted by atomic mass is 10.1. The van der Waals surface area contributed by atoms with E-state index in [-0.39, 0.29) is 0 Å². The SMILES string of the molecule is CCNCCCNC1CC1c1ccccc1. The van der Waals surface area contributed by atoms with Gasteiger partial charge in [0.2, 0.25) is 0 Å². The summed E-state index contributed by atoms with van der Waals surface area (Å²) < 4.78 is 0. The normalized spacial score (nSPS) is 23.3. The zero-order valence-corrected chi connectivity index (χ0v) is 10.1. The molecule has 1 aromatic carbocycles. The van der Waals surface area contributed by atoms with Crippen molar-refractivity contribution in [3.8, 4) is 0 Å². The third-order valence-electron chi connectivity index (χ3n) is 3.21. The first-order chi connectivity index (χ1) is 7.92. The monoisotopic (exact) mass is 218 g/mol. The summed E-state index contributed by atoms with van der Waals surface area (Å²) in [5.74, 6) is 0.764. The molecule has 0 bridgehead atoms. The quantitative estimate of drug-likeness (QED) is 0.685. The van der Waals surface area contributed by atoms with E-state index in [2.05, 4.69) is 47.9 Å². The smallest absolute Gasteiger partial charge is 0.0143 e. The van der Waals surface area contributed by atoms with Gasteiger partial charge in [0.05, 0.1) is 0 Å².